The average molecular weight is 199 g/mol. The third-order valence-electron chi connectivity index (χ3n) is 2.59. The summed E-state index contributed by atoms with van der Waals surface area (Å²) >= 11 is 0. The monoisotopic (exact) mass is 199 g/mol. The Morgan fingerprint density at radius 3 is 1.93 bits per heavy atom. The van der Waals surface area contributed by atoms with E-state index < -0.39 is 0 Å². The van der Waals surface area contributed by atoms with Crippen molar-refractivity contribution in [1.29, 1.82) is 0 Å². The number of hydrogen-bond acceptors (Lipinski definition) is 2. The minimum atomic E-state index is -0.183. The van der Waals surface area contributed by atoms with Gasteiger partial charge < -0.3 is 4.74 Å². The molecular weight excluding hydrogens is 178 g/mol. The summed E-state index contributed by atoms with van der Waals surface area (Å²) in [5, 5.41) is 0. The van der Waals surface area contributed by atoms with Gasteiger partial charge in [0.2, 0.25) is 0 Å². The standard InChI is InChI=1S/C11H21NO2/c1-10(2,3)8-7-12(9(13)14-8)11(4,5)6/h8H,7H2,1-6H3/t8-/m1/s1. The summed E-state index contributed by atoms with van der Waals surface area (Å²) in [6.07, 6.45) is -0.174. The molecule has 82 valence electrons. The molecule has 0 unspecified atom stereocenters. The molecule has 1 fully saturated rings. The second kappa shape index (κ2) is 3.14. The molecule has 0 radical (unpaired) electrons. The van der Waals surface area contributed by atoms with Crippen molar-refractivity contribution in [3.05, 3.63) is 0 Å². The number of amides is 1. The van der Waals surface area contributed by atoms with Crippen LogP contribution in [0.3, 0.4) is 0 Å². The molecule has 1 amide bonds. The van der Waals surface area contributed by atoms with E-state index in [1.807, 2.05) is 20.8 Å². The molecule has 3 heteroatoms. The van der Waals surface area contributed by atoms with Crippen LogP contribution in [0.2, 0.25) is 0 Å². The molecule has 1 aliphatic heterocycles. The summed E-state index contributed by atoms with van der Waals surface area (Å²) < 4.78 is 5.35. The van der Waals surface area contributed by atoms with Gasteiger partial charge in [-0.1, -0.05) is 20.8 Å². The molecule has 0 bridgehead atoms. The molecule has 1 heterocycles. The lowest BCUT2D eigenvalue weighted by atomic mass is 9.89. The van der Waals surface area contributed by atoms with Gasteiger partial charge in [-0.3, -0.25) is 4.90 Å². The Balaban J connectivity index is 2.75. The predicted molar refractivity (Wildman–Crippen MR) is 56.2 cm³/mol. The van der Waals surface area contributed by atoms with Gasteiger partial charge >= 0.3 is 6.09 Å². The SMILES string of the molecule is CC(C)(C)[C@H]1CN(C(C)(C)C)C(=O)O1. The first-order valence-electron chi connectivity index (χ1n) is 5.10. The minimum Gasteiger partial charge on any atom is -0.444 e. The molecule has 0 aromatic rings. The van der Waals surface area contributed by atoms with Gasteiger partial charge in [0.15, 0.2) is 0 Å². The van der Waals surface area contributed by atoms with Crippen molar-refractivity contribution in [2.45, 2.75) is 53.2 Å². The van der Waals surface area contributed by atoms with Crippen molar-refractivity contribution in [2.24, 2.45) is 5.41 Å². The van der Waals surface area contributed by atoms with E-state index in [0.29, 0.717) is 6.54 Å². The Kier molecular flexibility index (Phi) is 2.55. The summed E-state index contributed by atoms with van der Waals surface area (Å²) in [7, 11) is 0. The first-order valence-corrected chi connectivity index (χ1v) is 5.10. The van der Waals surface area contributed by atoms with E-state index >= 15 is 0 Å². The second-order valence-corrected chi connectivity index (χ2v) is 6.02. The van der Waals surface area contributed by atoms with E-state index in [4.69, 9.17) is 4.74 Å². The van der Waals surface area contributed by atoms with Gasteiger partial charge in [0.1, 0.15) is 6.10 Å². The molecule has 0 aliphatic carbocycles. The third-order valence-corrected chi connectivity index (χ3v) is 2.59. The van der Waals surface area contributed by atoms with E-state index in [9.17, 15) is 4.79 Å². The lowest BCUT2D eigenvalue weighted by Gasteiger charge is -2.30. The molecule has 0 aromatic heterocycles. The van der Waals surface area contributed by atoms with Crippen LogP contribution in [0.5, 0.6) is 0 Å². The summed E-state index contributed by atoms with van der Waals surface area (Å²) in [6, 6.07) is 0. The topological polar surface area (TPSA) is 29.5 Å². The molecule has 1 aliphatic rings. The second-order valence-electron chi connectivity index (χ2n) is 6.02. The van der Waals surface area contributed by atoms with Gasteiger partial charge in [-0.05, 0) is 20.8 Å². The number of ether oxygens (including phenoxy) is 1. The van der Waals surface area contributed by atoms with Gasteiger partial charge in [-0.2, -0.15) is 0 Å². The van der Waals surface area contributed by atoms with E-state index in [2.05, 4.69) is 20.8 Å². The fourth-order valence-corrected chi connectivity index (χ4v) is 1.46. The Bertz CT molecular complexity index is 235. The molecule has 14 heavy (non-hydrogen) atoms. The zero-order valence-electron chi connectivity index (χ0n) is 10.0. The van der Waals surface area contributed by atoms with Gasteiger partial charge in [0.05, 0.1) is 6.54 Å². The van der Waals surface area contributed by atoms with Crippen molar-refractivity contribution in [3.8, 4) is 0 Å². The minimum absolute atomic E-state index is 0.00854. The van der Waals surface area contributed by atoms with Crippen LogP contribution < -0.4 is 0 Å². The highest BCUT2D eigenvalue weighted by atomic mass is 16.6. The van der Waals surface area contributed by atoms with Crippen LogP contribution >= 0.6 is 0 Å². The van der Waals surface area contributed by atoms with Crippen LogP contribution in [0.15, 0.2) is 0 Å². The predicted octanol–water partition coefficient (Wildman–Crippen LogP) is 2.65. The number of carbonyl (C=O) groups excluding carboxylic acids is 1. The molecular formula is C11H21NO2. The highest BCUT2D eigenvalue weighted by Crippen LogP contribution is 2.31. The molecule has 0 spiro atoms. The normalized spacial score (nSPS) is 24.0. The quantitative estimate of drug-likeness (QED) is 0.600. The summed E-state index contributed by atoms with van der Waals surface area (Å²) in [5.74, 6) is 0. The Morgan fingerprint density at radius 2 is 1.71 bits per heavy atom. The third kappa shape index (κ3) is 2.20. The van der Waals surface area contributed by atoms with Crippen LogP contribution in [0.25, 0.3) is 0 Å². The number of nitrogens with zero attached hydrogens (tertiary/aromatic N) is 1. The zero-order chi connectivity index (χ0) is 11.1. The summed E-state index contributed by atoms with van der Waals surface area (Å²) in [5.41, 5.74) is -0.118. The van der Waals surface area contributed by atoms with Crippen molar-refractivity contribution < 1.29 is 9.53 Å². The van der Waals surface area contributed by atoms with Crippen LogP contribution in [0, 0.1) is 5.41 Å². The van der Waals surface area contributed by atoms with E-state index in [-0.39, 0.29) is 23.2 Å². The summed E-state index contributed by atoms with van der Waals surface area (Å²) in [6.45, 7) is 13.1. The number of hydrogen-bond donors (Lipinski definition) is 0. The lowest BCUT2D eigenvalue weighted by Crippen LogP contribution is -2.43. The Hall–Kier alpha value is -0.730. The largest absolute Gasteiger partial charge is 0.444 e. The maximum atomic E-state index is 11.6. The molecule has 0 N–H and O–H groups in total. The van der Waals surface area contributed by atoms with Crippen molar-refractivity contribution >= 4 is 6.09 Å². The number of rotatable bonds is 0. The average Bonchev–Trinajstić information content (AvgIpc) is 2.27. The first kappa shape index (κ1) is 11.3. The molecule has 0 saturated carbocycles. The molecule has 1 rings (SSSR count). The van der Waals surface area contributed by atoms with Crippen LogP contribution in [0.4, 0.5) is 4.79 Å². The maximum absolute atomic E-state index is 11.6. The summed E-state index contributed by atoms with van der Waals surface area (Å²) in [4.78, 5) is 13.4. The first-order chi connectivity index (χ1) is 6.12. The number of carbonyl (C=O) groups is 1. The lowest BCUT2D eigenvalue weighted by molar-refractivity contribution is 0.0719. The van der Waals surface area contributed by atoms with Gasteiger partial charge in [0.25, 0.3) is 0 Å². The Labute approximate surface area is 86.4 Å². The number of cyclic esters (lactones) is 1. The van der Waals surface area contributed by atoms with E-state index in [0.717, 1.165) is 0 Å². The van der Waals surface area contributed by atoms with E-state index in [1.165, 1.54) is 0 Å². The fraction of sp³-hybridized carbons (Fsp3) is 0.909. The highest BCUT2D eigenvalue weighted by molar-refractivity contribution is 5.71. The maximum Gasteiger partial charge on any atom is 0.410 e. The fourth-order valence-electron chi connectivity index (χ4n) is 1.46. The van der Waals surface area contributed by atoms with Gasteiger partial charge in [-0.15, -0.1) is 0 Å². The van der Waals surface area contributed by atoms with Crippen molar-refractivity contribution in [3.63, 3.8) is 0 Å². The van der Waals surface area contributed by atoms with Crippen molar-refractivity contribution in [2.75, 3.05) is 6.54 Å². The molecule has 0 aromatic carbocycles. The van der Waals surface area contributed by atoms with E-state index in [1.54, 1.807) is 4.90 Å². The van der Waals surface area contributed by atoms with Crippen LogP contribution in [0.1, 0.15) is 41.5 Å². The van der Waals surface area contributed by atoms with Crippen LogP contribution in [-0.2, 0) is 4.74 Å². The smallest absolute Gasteiger partial charge is 0.410 e. The molecule has 3 nitrogen and oxygen atoms in total. The van der Waals surface area contributed by atoms with Gasteiger partial charge in [0, 0.05) is 11.0 Å². The van der Waals surface area contributed by atoms with Crippen LogP contribution in [-0.4, -0.2) is 29.2 Å². The molecule has 1 saturated heterocycles. The highest BCUT2D eigenvalue weighted by Gasteiger charge is 2.42. The molecule has 1 atom stereocenters. The Morgan fingerprint density at radius 1 is 1.21 bits per heavy atom. The van der Waals surface area contributed by atoms with Gasteiger partial charge in [-0.25, -0.2) is 4.79 Å². The van der Waals surface area contributed by atoms with Crippen molar-refractivity contribution in [1.82, 2.24) is 4.90 Å². The zero-order valence-corrected chi connectivity index (χ0v) is 10.0.